The third-order valence-corrected chi connectivity index (χ3v) is 4.59. The lowest BCUT2D eigenvalue weighted by molar-refractivity contribution is -0.156. The number of hydrogen-bond acceptors (Lipinski definition) is 4. The van der Waals surface area contributed by atoms with Gasteiger partial charge in [0.15, 0.2) is 0 Å². The van der Waals surface area contributed by atoms with E-state index in [1.54, 1.807) is 0 Å². The second-order valence-electron chi connectivity index (χ2n) is 6.36. The average molecular weight is 329 g/mol. The third-order valence-electron chi connectivity index (χ3n) is 4.59. The molecule has 0 radical (unpaired) electrons. The summed E-state index contributed by atoms with van der Waals surface area (Å²) in [7, 11) is 1.90. The fourth-order valence-corrected chi connectivity index (χ4v) is 3.09. The Morgan fingerprint density at radius 2 is 2.21 bits per heavy atom. The van der Waals surface area contributed by atoms with E-state index in [9.17, 15) is 9.90 Å². The van der Waals surface area contributed by atoms with E-state index in [0.717, 1.165) is 23.4 Å². The zero-order valence-corrected chi connectivity index (χ0v) is 13.9. The summed E-state index contributed by atoms with van der Waals surface area (Å²) >= 11 is 0. The Morgan fingerprint density at radius 1 is 1.42 bits per heavy atom. The molecule has 1 fully saturated rings. The summed E-state index contributed by atoms with van der Waals surface area (Å²) < 4.78 is 7.23. The lowest BCUT2D eigenvalue weighted by atomic mass is 9.82. The first-order valence-electron chi connectivity index (χ1n) is 8.21. The van der Waals surface area contributed by atoms with Gasteiger partial charge in [0.05, 0.1) is 18.0 Å². The summed E-state index contributed by atoms with van der Waals surface area (Å²) in [6.07, 6.45) is 1.44. The van der Waals surface area contributed by atoms with Crippen molar-refractivity contribution in [2.24, 2.45) is 12.5 Å². The number of rotatable bonds is 6. The predicted octanol–water partition coefficient (Wildman–Crippen LogP) is 2.06. The number of benzene rings is 1. The van der Waals surface area contributed by atoms with Gasteiger partial charge >= 0.3 is 5.97 Å². The monoisotopic (exact) mass is 329 g/mol. The number of aryl methyl sites for hydroxylation is 1. The van der Waals surface area contributed by atoms with Gasteiger partial charge in [-0.25, -0.2) is 0 Å². The SMILES string of the molecule is Cn1nc(-c2ccccc2)cc1CNCC1(C(=O)O)CCCOC1. The topological polar surface area (TPSA) is 76.4 Å². The molecule has 1 unspecified atom stereocenters. The molecule has 1 aromatic carbocycles. The largest absolute Gasteiger partial charge is 0.481 e. The molecule has 0 saturated carbocycles. The number of carboxylic acids is 1. The molecule has 1 atom stereocenters. The molecule has 2 N–H and O–H groups in total. The van der Waals surface area contributed by atoms with Crippen LogP contribution in [0.5, 0.6) is 0 Å². The van der Waals surface area contributed by atoms with Crippen molar-refractivity contribution in [2.45, 2.75) is 19.4 Å². The van der Waals surface area contributed by atoms with Crippen molar-refractivity contribution < 1.29 is 14.6 Å². The van der Waals surface area contributed by atoms with E-state index in [0.29, 0.717) is 26.1 Å². The zero-order valence-electron chi connectivity index (χ0n) is 13.9. The molecule has 1 aliphatic rings. The quantitative estimate of drug-likeness (QED) is 0.848. The van der Waals surface area contributed by atoms with Gasteiger partial charge in [-0.15, -0.1) is 0 Å². The fourth-order valence-electron chi connectivity index (χ4n) is 3.09. The Balaban J connectivity index is 1.64. The van der Waals surface area contributed by atoms with Crippen LogP contribution in [0, 0.1) is 5.41 Å². The first kappa shape index (κ1) is 16.7. The number of ether oxygens (including phenoxy) is 1. The Morgan fingerprint density at radius 3 is 2.88 bits per heavy atom. The molecule has 6 heteroatoms. The summed E-state index contributed by atoms with van der Waals surface area (Å²) in [6.45, 7) is 1.90. The van der Waals surface area contributed by atoms with Crippen molar-refractivity contribution >= 4 is 5.97 Å². The van der Waals surface area contributed by atoms with Gasteiger partial charge in [0, 0.05) is 32.3 Å². The van der Waals surface area contributed by atoms with Crippen LogP contribution in [-0.4, -0.2) is 40.6 Å². The summed E-state index contributed by atoms with van der Waals surface area (Å²) in [6, 6.07) is 12.0. The van der Waals surface area contributed by atoms with Crippen molar-refractivity contribution in [2.75, 3.05) is 19.8 Å². The number of carboxylic acid groups (broad SMARTS) is 1. The second-order valence-corrected chi connectivity index (χ2v) is 6.36. The van der Waals surface area contributed by atoms with Gasteiger partial charge in [0.25, 0.3) is 0 Å². The molecule has 2 aromatic rings. The third kappa shape index (κ3) is 3.49. The molecule has 2 heterocycles. The van der Waals surface area contributed by atoms with Crippen molar-refractivity contribution in [1.29, 1.82) is 0 Å². The summed E-state index contributed by atoms with van der Waals surface area (Å²) in [5.41, 5.74) is 2.19. The van der Waals surface area contributed by atoms with E-state index in [4.69, 9.17) is 4.74 Å². The Bertz CT molecular complexity index is 691. The van der Waals surface area contributed by atoms with Gasteiger partial charge in [0.1, 0.15) is 5.41 Å². The van der Waals surface area contributed by atoms with Crippen molar-refractivity contribution in [3.8, 4) is 11.3 Å². The maximum absolute atomic E-state index is 11.6. The van der Waals surface area contributed by atoms with Crippen LogP contribution >= 0.6 is 0 Å². The number of aromatic nitrogens is 2. The van der Waals surface area contributed by atoms with E-state index in [-0.39, 0.29) is 6.61 Å². The molecule has 1 aliphatic heterocycles. The molecule has 0 aliphatic carbocycles. The minimum atomic E-state index is -0.820. The second kappa shape index (κ2) is 7.15. The standard InChI is InChI=1S/C18H23N3O3/c1-21-15(10-16(20-21)14-6-3-2-4-7-14)11-19-12-18(17(22)23)8-5-9-24-13-18/h2-4,6-7,10,19H,5,8-9,11-13H2,1H3,(H,22,23). The van der Waals surface area contributed by atoms with Crippen molar-refractivity contribution in [3.63, 3.8) is 0 Å². The summed E-state index contributed by atoms with van der Waals surface area (Å²) in [5, 5.41) is 17.4. The molecule has 6 nitrogen and oxygen atoms in total. The van der Waals surface area contributed by atoms with Crippen molar-refractivity contribution in [1.82, 2.24) is 15.1 Å². The normalized spacial score (nSPS) is 20.9. The Hall–Kier alpha value is -2.18. The van der Waals surface area contributed by atoms with Crippen molar-refractivity contribution in [3.05, 3.63) is 42.1 Å². The smallest absolute Gasteiger partial charge is 0.313 e. The number of aliphatic carboxylic acids is 1. The number of hydrogen-bond donors (Lipinski definition) is 2. The lowest BCUT2D eigenvalue weighted by Gasteiger charge is -2.33. The predicted molar refractivity (Wildman–Crippen MR) is 90.5 cm³/mol. The van der Waals surface area contributed by atoms with Gasteiger partial charge in [-0.1, -0.05) is 30.3 Å². The Kier molecular flexibility index (Phi) is 4.97. The molecule has 1 aromatic heterocycles. The number of nitrogens with one attached hydrogen (secondary N) is 1. The van der Waals surface area contributed by atoms with Crippen LogP contribution in [0.25, 0.3) is 11.3 Å². The van der Waals surface area contributed by atoms with Gasteiger partial charge in [-0.2, -0.15) is 5.10 Å². The number of nitrogens with zero attached hydrogens (tertiary/aromatic N) is 2. The molecule has 24 heavy (non-hydrogen) atoms. The molecule has 128 valence electrons. The molecule has 3 rings (SSSR count). The molecule has 0 bridgehead atoms. The highest BCUT2D eigenvalue weighted by molar-refractivity contribution is 5.75. The van der Waals surface area contributed by atoms with Crippen LogP contribution in [0.4, 0.5) is 0 Å². The van der Waals surface area contributed by atoms with Crippen LogP contribution in [0.3, 0.4) is 0 Å². The van der Waals surface area contributed by atoms with Gasteiger partial charge in [-0.3, -0.25) is 9.48 Å². The van der Waals surface area contributed by atoms with E-state index in [1.165, 1.54) is 0 Å². The maximum atomic E-state index is 11.6. The van der Waals surface area contributed by atoms with E-state index in [1.807, 2.05) is 48.1 Å². The van der Waals surface area contributed by atoms with E-state index < -0.39 is 11.4 Å². The maximum Gasteiger partial charge on any atom is 0.313 e. The Labute approximate surface area is 141 Å². The van der Waals surface area contributed by atoms with Gasteiger partial charge in [-0.05, 0) is 18.9 Å². The van der Waals surface area contributed by atoms with E-state index in [2.05, 4.69) is 10.4 Å². The average Bonchev–Trinajstić information content (AvgIpc) is 2.97. The van der Waals surface area contributed by atoms with E-state index >= 15 is 0 Å². The highest BCUT2D eigenvalue weighted by Crippen LogP contribution is 2.28. The van der Waals surface area contributed by atoms with Crippen LogP contribution < -0.4 is 5.32 Å². The molecular weight excluding hydrogens is 306 g/mol. The van der Waals surface area contributed by atoms with Crippen LogP contribution in [0.1, 0.15) is 18.5 Å². The summed E-state index contributed by atoms with van der Waals surface area (Å²) in [4.78, 5) is 11.6. The van der Waals surface area contributed by atoms with Crippen LogP contribution in [0.15, 0.2) is 36.4 Å². The van der Waals surface area contributed by atoms with Gasteiger partial charge in [0.2, 0.25) is 0 Å². The number of carbonyl (C=O) groups is 1. The minimum Gasteiger partial charge on any atom is -0.481 e. The fraction of sp³-hybridized carbons (Fsp3) is 0.444. The molecule has 1 saturated heterocycles. The zero-order chi connectivity index (χ0) is 17.0. The molecular formula is C18H23N3O3. The summed E-state index contributed by atoms with van der Waals surface area (Å²) in [5.74, 6) is -0.787. The van der Waals surface area contributed by atoms with Gasteiger partial charge < -0.3 is 15.2 Å². The minimum absolute atomic E-state index is 0.274. The molecule has 0 amide bonds. The van der Waals surface area contributed by atoms with Crippen LogP contribution in [0.2, 0.25) is 0 Å². The highest BCUT2D eigenvalue weighted by atomic mass is 16.5. The lowest BCUT2D eigenvalue weighted by Crippen LogP contribution is -2.46. The van der Waals surface area contributed by atoms with Crippen LogP contribution in [-0.2, 0) is 23.1 Å². The molecule has 0 spiro atoms. The first-order valence-corrected chi connectivity index (χ1v) is 8.21. The first-order chi connectivity index (χ1) is 11.6. The highest BCUT2D eigenvalue weighted by Gasteiger charge is 2.40.